The Labute approximate surface area is 205 Å². The van der Waals surface area contributed by atoms with Gasteiger partial charge in [-0.05, 0) is 49.4 Å². The van der Waals surface area contributed by atoms with Gasteiger partial charge in [0.25, 0.3) is 5.91 Å². The average molecular weight is 495 g/mol. The van der Waals surface area contributed by atoms with Crippen LogP contribution in [0.1, 0.15) is 17.4 Å². The van der Waals surface area contributed by atoms with Crippen LogP contribution in [0.2, 0.25) is 10.0 Å². The molecule has 8 nitrogen and oxygen atoms in total. The van der Waals surface area contributed by atoms with E-state index in [4.69, 9.17) is 28.9 Å². The van der Waals surface area contributed by atoms with E-state index in [9.17, 15) is 9.59 Å². The number of pyridine rings is 1. The Hall–Kier alpha value is -3.88. The Balaban J connectivity index is 1.68. The predicted octanol–water partition coefficient (Wildman–Crippen LogP) is 5.68. The molecule has 0 fully saturated rings. The number of hydrogen-bond acceptors (Lipinski definition) is 4. The number of amides is 3. The molecule has 0 aliphatic carbocycles. The fourth-order valence-electron chi connectivity index (χ4n) is 3.36. The van der Waals surface area contributed by atoms with Gasteiger partial charge in [0.2, 0.25) is 0 Å². The maximum Gasteiger partial charge on any atom is 0.323 e. The van der Waals surface area contributed by atoms with Crippen molar-refractivity contribution in [2.24, 2.45) is 5.73 Å². The molecule has 3 amide bonds. The van der Waals surface area contributed by atoms with Crippen molar-refractivity contribution < 1.29 is 9.59 Å². The fourth-order valence-corrected chi connectivity index (χ4v) is 3.76. The summed E-state index contributed by atoms with van der Waals surface area (Å²) < 4.78 is 1.76. The lowest BCUT2D eigenvalue weighted by atomic mass is 10.0. The van der Waals surface area contributed by atoms with Crippen LogP contribution < -0.4 is 16.4 Å². The number of carbonyl (C=O) groups is 2. The number of hydrogen-bond donors (Lipinski definition) is 3. The maximum atomic E-state index is 12.5. The van der Waals surface area contributed by atoms with Gasteiger partial charge in [0.15, 0.2) is 0 Å². The zero-order chi connectivity index (χ0) is 24.2. The number of rotatable bonds is 6. The van der Waals surface area contributed by atoms with Gasteiger partial charge in [-0.2, -0.15) is 5.10 Å². The Morgan fingerprint density at radius 3 is 2.50 bits per heavy atom. The van der Waals surface area contributed by atoms with Gasteiger partial charge in [-0.1, -0.05) is 35.3 Å². The normalized spacial score (nSPS) is 10.7. The summed E-state index contributed by atoms with van der Waals surface area (Å²) in [5.74, 6) is -0.630. The van der Waals surface area contributed by atoms with Gasteiger partial charge >= 0.3 is 6.03 Å². The molecule has 172 valence electrons. The van der Waals surface area contributed by atoms with E-state index < -0.39 is 11.9 Å². The van der Waals surface area contributed by atoms with E-state index in [-0.39, 0.29) is 5.69 Å². The minimum atomic E-state index is -0.630. The third-order valence-corrected chi connectivity index (χ3v) is 5.67. The Kier molecular flexibility index (Phi) is 6.81. The molecule has 0 atom stereocenters. The van der Waals surface area contributed by atoms with Gasteiger partial charge in [-0.15, -0.1) is 0 Å². The molecular weight excluding hydrogens is 475 g/mol. The van der Waals surface area contributed by atoms with Crippen LogP contribution in [0.3, 0.4) is 0 Å². The monoisotopic (exact) mass is 494 g/mol. The van der Waals surface area contributed by atoms with Gasteiger partial charge in [-0.3, -0.25) is 14.5 Å². The molecule has 10 heteroatoms. The minimum Gasteiger partial charge on any atom is -0.364 e. The summed E-state index contributed by atoms with van der Waals surface area (Å²) in [5, 5.41) is 11.1. The van der Waals surface area contributed by atoms with E-state index >= 15 is 0 Å². The summed E-state index contributed by atoms with van der Waals surface area (Å²) in [5.41, 5.74) is 9.21. The molecule has 4 rings (SSSR count). The van der Waals surface area contributed by atoms with E-state index in [0.29, 0.717) is 44.8 Å². The second-order valence-corrected chi connectivity index (χ2v) is 8.11. The summed E-state index contributed by atoms with van der Waals surface area (Å²) in [6, 6.07) is 15.0. The number of anilines is 2. The number of nitrogens with two attached hydrogens (primary N) is 1. The van der Waals surface area contributed by atoms with Gasteiger partial charge < -0.3 is 16.4 Å². The second kappa shape index (κ2) is 9.94. The Morgan fingerprint density at radius 2 is 1.79 bits per heavy atom. The SMILES string of the molecule is CCn1cc(-c2cccc(NC(=O)Nc3ccc(Cl)cc3)c2Cl)c(-c2ccnc(C(N)=O)c2)n1. The average Bonchev–Trinajstić information content (AvgIpc) is 3.26. The minimum absolute atomic E-state index is 0.134. The number of benzene rings is 2. The van der Waals surface area contributed by atoms with Crippen LogP contribution in [0.15, 0.2) is 67.0 Å². The number of aromatic nitrogens is 3. The van der Waals surface area contributed by atoms with E-state index in [1.807, 2.05) is 19.2 Å². The first kappa shape index (κ1) is 23.3. The van der Waals surface area contributed by atoms with Crippen molar-refractivity contribution in [1.29, 1.82) is 0 Å². The topological polar surface area (TPSA) is 115 Å². The highest BCUT2D eigenvalue weighted by Gasteiger charge is 2.19. The molecule has 0 bridgehead atoms. The smallest absolute Gasteiger partial charge is 0.323 e. The molecule has 0 saturated heterocycles. The van der Waals surface area contributed by atoms with Crippen LogP contribution in [0.4, 0.5) is 16.2 Å². The second-order valence-electron chi connectivity index (χ2n) is 7.29. The molecule has 0 saturated carbocycles. The Morgan fingerprint density at radius 1 is 1.03 bits per heavy atom. The third-order valence-electron chi connectivity index (χ3n) is 5.01. The van der Waals surface area contributed by atoms with E-state index in [1.165, 1.54) is 6.20 Å². The van der Waals surface area contributed by atoms with Crippen molar-refractivity contribution in [3.05, 3.63) is 82.7 Å². The Bertz CT molecular complexity index is 1370. The number of aryl methyl sites for hydroxylation is 1. The summed E-state index contributed by atoms with van der Waals surface area (Å²) in [6.07, 6.45) is 3.36. The molecule has 2 heterocycles. The van der Waals surface area contributed by atoms with E-state index in [2.05, 4.69) is 20.7 Å². The van der Waals surface area contributed by atoms with Crippen LogP contribution in [-0.4, -0.2) is 26.7 Å². The van der Waals surface area contributed by atoms with Crippen LogP contribution in [0.5, 0.6) is 0 Å². The first-order valence-electron chi connectivity index (χ1n) is 10.3. The summed E-state index contributed by atoms with van der Waals surface area (Å²) in [4.78, 5) is 28.1. The van der Waals surface area contributed by atoms with E-state index in [0.717, 1.165) is 5.56 Å². The van der Waals surface area contributed by atoms with Crippen LogP contribution in [0.25, 0.3) is 22.4 Å². The van der Waals surface area contributed by atoms with Crippen LogP contribution in [0, 0.1) is 0 Å². The molecule has 4 N–H and O–H groups in total. The van der Waals surface area contributed by atoms with Gasteiger partial charge in [0.05, 0.1) is 10.7 Å². The molecule has 0 unspecified atom stereocenters. The van der Waals surface area contributed by atoms with Crippen molar-refractivity contribution in [1.82, 2.24) is 14.8 Å². The standard InChI is InChI=1S/C24H20Cl2N6O2/c1-2-32-13-18(22(31-32)14-10-11-28-20(12-14)23(27)33)17-4-3-5-19(21(17)26)30-24(34)29-16-8-6-15(25)7-9-16/h3-13H,2H2,1H3,(H2,27,33)(H2,29,30,34). The number of urea groups is 1. The summed E-state index contributed by atoms with van der Waals surface area (Å²) in [7, 11) is 0. The predicted molar refractivity (Wildman–Crippen MR) is 134 cm³/mol. The van der Waals surface area contributed by atoms with Crippen molar-refractivity contribution in [3.63, 3.8) is 0 Å². The number of nitrogens with one attached hydrogen (secondary N) is 2. The molecule has 2 aromatic heterocycles. The number of carbonyl (C=O) groups excluding carboxylic acids is 2. The number of primary amides is 1. The lowest BCUT2D eigenvalue weighted by Crippen LogP contribution is -2.19. The quantitative estimate of drug-likeness (QED) is 0.319. The van der Waals surface area contributed by atoms with Crippen molar-refractivity contribution in [3.8, 4) is 22.4 Å². The lowest BCUT2D eigenvalue weighted by Gasteiger charge is -2.12. The molecule has 0 aliphatic heterocycles. The molecule has 0 spiro atoms. The van der Waals surface area contributed by atoms with E-state index in [1.54, 1.807) is 53.2 Å². The number of nitrogens with zero attached hydrogens (tertiary/aromatic N) is 3. The highest BCUT2D eigenvalue weighted by molar-refractivity contribution is 6.36. The summed E-state index contributed by atoms with van der Waals surface area (Å²) in [6.45, 7) is 2.59. The number of halogens is 2. The van der Waals surface area contributed by atoms with Crippen LogP contribution in [-0.2, 0) is 6.54 Å². The first-order valence-corrected chi connectivity index (χ1v) is 11.1. The molecule has 34 heavy (non-hydrogen) atoms. The largest absolute Gasteiger partial charge is 0.364 e. The molecule has 0 radical (unpaired) electrons. The zero-order valence-corrected chi connectivity index (χ0v) is 19.6. The highest BCUT2D eigenvalue weighted by Crippen LogP contribution is 2.38. The third kappa shape index (κ3) is 5.03. The van der Waals surface area contributed by atoms with Gasteiger partial charge in [0.1, 0.15) is 11.4 Å². The van der Waals surface area contributed by atoms with Gasteiger partial charge in [-0.25, -0.2) is 4.79 Å². The molecule has 0 aliphatic rings. The highest BCUT2D eigenvalue weighted by atomic mass is 35.5. The molecule has 4 aromatic rings. The van der Waals surface area contributed by atoms with Crippen LogP contribution >= 0.6 is 23.2 Å². The van der Waals surface area contributed by atoms with Crippen molar-refractivity contribution in [2.45, 2.75) is 13.5 Å². The van der Waals surface area contributed by atoms with Crippen molar-refractivity contribution in [2.75, 3.05) is 10.6 Å². The first-order chi connectivity index (χ1) is 16.4. The molecular formula is C24H20Cl2N6O2. The van der Waals surface area contributed by atoms with Gasteiger partial charge in [0, 0.05) is 46.3 Å². The zero-order valence-electron chi connectivity index (χ0n) is 18.0. The fraction of sp³-hybridized carbons (Fsp3) is 0.0833. The lowest BCUT2D eigenvalue weighted by molar-refractivity contribution is 0.0995. The molecule has 2 aromatic carbocycles. The maximum absolute atomic E-state index is 12.5. The van der Waals surface area contributed by atoms with Crippen molar-refractivity contribution >= 4 is 46.5 Å². The summed E-state index contributed by atoms with van der Waals surface area (Å²) >= 11 is 12.6.